The lowest BCUT2D eigenvalue weighted by Crippen LogP contribution is -2.46. The zero-order chi connectivity index (χ0) is 11.4. The van der Waals surface area contributed by atoms with Crippen molar-refractivity contribution in [3.05, 3.63) is 29.0 Å². The third kappa shape index (κ3) is 2.94. The molecule has 88 valence electrons. The summed E-state index contributed by atoms with van der Waals surface area (Å²) >= 11 is 6.06. The molecule has 1 N–H and O–H groups in total. The van der Waals surface area contributed by atoms with Crippen molar-refractivity contribution in [2.75, 3.05) is 13.2 Å². The maximum absolute atomic E-state index is 6.06. The Balaban J connectivity index is 1.94. The molecule has 1 aliphatic heterocycles. The lowest BCUT2D eigenvalue weighted by molar-refractivity contribution is 0.0446. The smallest absolute Gasteiger partial charge is 0.0634 e. The number of rotatable bonds is 3. The summed E-state index contributed by atoms with van der Waals surface area (Å²) in [5.74, 6) is 0. The first-order valence-corrected chi connectivity index (χ1v) is 5.99. The molecule has 0 bridgehead atoms. The molecule has 4 heteroatoms. The van der Waals surface area contributed by atoms with Crippen molar-refractivity contribution in [2.45, 2.75) is 31.8 Å². The number of hydrogen-bond acceptors (Lipinski definition) is 3. The molecule has 1 aromatic rings. The fraction of sp³-hybridized carbons (Fsp3) is 0.583. The predicted molar refractivity (Wildman–Crippen MR) is 64.5 cm³/mol. The van der Waals surface area contributed by atoms with E-state index in [0.29, 0.717) is 0 Å². The van der Waals surface area contributed by atoms with Gasteiger partial charge < -0.3 is 10.1 Å². The van der Waals surface area contributed by atoms with E-state index in [1.165, 1.54) is 0 Å². The summed E-state index contributed by atoms with van der Waals surface area (Å²) in [5, 5.41) is 4.29. The largest absolute Gasteiger partial charge is 0.381 e. The Morgan fingerprint density at radius 1 is 1.50 bits per heavy atom. The summed E-state index contributed by atoms with van der Waals surface area (Å²) in [5.41, 5.74) is 1.27. The highest BCUT2D eigenvalue weighted by Gasteiger charge is 2.26. The number of nitrogens with zero attached hydrogens (tertiary/aromatic N) is 1. The van der Waals surface area contributed by atoms with Crippen molar-refractivity contribution in [2.24, 2.45) is 0 Å². The molecule has 0 saturated carbocycles. The van der Waals surface area contributed by atoms with Gasteiger partial charge in [-0.3, -0.25) is 4.98 Å². The molecule has 0 aromatic carbocycles. The maximum atomic E-state index is 6.06. The Bertz CT molecular complexity index is 351. The van der Waals surface area contributed by atoms with Gasteiger partial charge in [0.05, 0.1) is 5.02 Å². The predicted octanol–water partition coefficient (Wildman–Crippen LogP) is 2.39. The van der Waals surface area contributed by atoms with Crippen LogP contribution in [0.25, 0.3) is 0 Å². The molecule has 0 amide bonds. The SMILES string of the molecule is CC1(NCc2ccncc2Cl)CCOCC1. The Hall–Kier alpha value is -0.640. The molecule has 0 radical (unpaired) electrons. The topological polar surface area (TPSA) is 34.2 Å². The van der Waals surface area contributed by atoms with Crippen molar-refractivity contribution in [1.82, 2.24) is 10.3 Å². The lowest BCUT2D eigenvalue weighted by atomic mass is 9.92. The fourth-order valence-electron chi connectivity index (χ4n) is 1.85. The van der Waals surface area contributed by atoms with E-state index < -0.39 is 0 Å². The van der Waals surface area contributed by atoms with E-state index in [2.05, 4.69) is 17.2 Å². The van der Waals surface area contributed by atoms with Gasteiger partial charge in [0.25, 0.3) is 0 Å². The van der Waals surface area contributed by atoms with Crippen LogP contribution in [0.2, 0.25) is 5.02 Å². The minimum Gasteiger partial charge on any atom is -0.381 e. The fourth-order valence-corrected chi connectivity index (χ4v) is 2.04. The maximum Gasteiger partial charge on any atom is 0.0634 e. The van der Waals surface area contributed by atoms with Crippen molar-refractivity contribution in [3.8, 4) is 0 Å². The summed E-state index contributed by atoms with van der Waals surface area (Å²) < 4.78 is 5.36. The second-order valence-corrected chi connectivity index (χ2v) is 4.90. The summed E-state index contributed by atoms with van der Waals surface area (Å²) in [6, 6.07) is 1.96. The number of hydrogen-bond donors (Lipinski definition) is 1. The van der Waals surface area contributed by atoms with Crippen molar-refractivity contribution in [3.63, 3.8) is 0 Å². The van der Waals surface area contributed by atoms with Gasteiger partial charge in [0.1, 0.15) is 0 Å². The molecule has 1 saturated heterocycles. The van der Waals surface area contributed by atoms with E-state index in [9.17, 15) is 0 Å². The second-order valence-electron chi connectivity index (χ2n) is 4.49. The van der Waals surface area contributed by atoms with Gasteiger partial charge in [-0.1, -0.05) is 11.6 Å². The zero-order valence-corrected chi connectivity index (χ0v) is 10.3. The van der Waals surface area contributed by atoms with Crippen LogP contribution in [0.3, 0.4) is 0 Å². The Labute approximate surface area is 101 Å². The first-order chi connectivity index (χ1) is 7.70. The van der Waals surface area contributed by atoms with Crippen LogP contribution in [-0.4, -0.2) is 23.7 Å². The molecule has 1 aromatic heterocycles. The lowest BCUT2D eigenvalue weighted by Gasteiger charge is -2.34. The first-order valence-electron chi connectivity index (χ1n) is 5.61. The molecule has 16 heavy (non-hydrogen) atoms. The minimum atomic E-state index is 0.171. The molecule has 0 aliphatic carbocycles. The van der Waals surface area contributed by atoms with Gasteiger partial charge in [-0.05, 0) is 31.4 Å². The molecular formula is C12H17ClN2O. The van der Waals surface area contributed by atoms with Crippen LogP contribution in [-0.2, 0) is 11.3 Å². The number of pyridine rings is 1. The van der Waals surface area contributed by atoms with Crippen LogP contribution in [0.1, 0.15) is 25.3 Å². The van der Waals surface area contributed by atoms with Crippen LogP contribution >= 0.6 is 11.6 Å². The standard InChI is InChI=1S/C12H17ClN2O/c1-12(3-6-16-7-4-12)15-8-10-2-5-14-9-11(10)13/h2,5,9,15H,3-4,6-8H2,1H3. The average Bonchev–Trinajstić information content (AvgIpc) is 2.29. The van der Waals surface area contributed by atoms with Crippen LogP contribution in [0.15, 0.2) is 18.5 Å². The van der Waals surface area contributed by atoms with Crippen molar-refractivity contribution < 1.29 is 4.74 Å². The highest BCUT2D eigenvalue weighted by Crippen LogP contribution is 2.21. The third-order valence-electron chi connectivity index (χ3n) is 3.16. The molecule has 0 atom stereocenters. The number of nitrogens with one attached hydrogen (secondary N) is 1. The number of ether oxygens (including phenoxy) is 1. The minimum absolute atomic E-state index is 0.171. The van der Waals surface area contributed by atoms with Gasteiger partial charge in [-0.2, -0.15) is 0 Å². The summed E-state index contributed by atoms with van der Waals surface area (Å²) in [7, 11) is 0. The van der Waals surface area contributed by atoms with Crippen LogP contribution < -0.4 is 5.32 Å². The van der Waals surface area contributed by atoms with E-state index in [-0.39, 0.29) is 5.54 Å². The van der Waals surface area contributed by atoms with Gasteiger partial charge in [0.15, 0.2) is 0 Å². The highest BCUT2D eigenvalue weighted by molar-refractivity contribution is 6.31. The molecule has 2 rings (SSSR count). The van der Waals surface area contributed by atoms with Gasteiger partial charge in [0.2, 0.25) is 0 Å². The summed E-state index contributed by atoms with van der Waals surface area (Å²) in [6.45, 7) is 4.71. The van der Waals surface area contributed by atoms with E-state index in [0.717, 1.165) is 43.2 Å². The van der Waals surface area contributed by atoms with Gasteiger partial charge >= 0.3 is 0 Å². The summed E-state index contributed by atoms with van der Waals surface area (Å²) in [4.78, 5) is 3.98. The van der Waals surface area contributed by atoms with Gasteiger partial charge in [-0.25, -0.2) is 0 Å². The van der Waals surface area contributed by atoms with Gasteiger partial charge in [-0.15, -0.1) is 0 Å². The molecular weight excluding hydrogens is 224 g/mol. The quantitative estimate of drug-likeness (QED) is 0.881. The highest BCUT2D eigenvalue weighted by atomic mass is 35.5. The van der Waals surface area contributed by atoms with Crippen LogP contribution in [0, 0.1) is 0 Å². The van der Waals surface area contributed by atoms with E-state index in [1.54, 1.807) is 12.4 Å². The molecule has 3 nitrogen and oxygen atoms in total. The monoisotopic (exact) mass is 240 g/mol. The van der Waals surface area contributed by atoms with Crippen LogP contribution in [0.5, 0.6) is 0 Å². The number of halogens is 1. The van der Waals surface area contributed by atoms with Crippen molar-refractivity contribution >= 4 is 11.6 Å². The zero-order valence-electron chi connectivity index (χ0n) is 9.50. The second kappa shape index (κ2) is 5.13. The summed E-state index contributed by atoms with van der Waals surface area (Å²) in [6.07, 6.45) is 5.56. The normalized spacial score (nSPS) is 19.6. The van der Waals surface area contributed by atoms with E-state index in [1.807, 2.05) is 6.07 Å². The molecule has 0 unspecified atom stereocenters. The first kappa shape index (κ1) is 11.8. The Kier molecular flexibility index (Phi) is 3.79. The average molecular weight is 241 g/mol. The Morgan fingerprint density at radius 2 is 2.25 bits per heavy atom. The third-order valence-corrected chi connectivity index (χ3v) is 3.50. The van der Waals surface area contributed by atoms with Gasteiger partial charge in [0, 0.05) is 37.7 Å². The van der Waals surface area contributed by atoms with E-state index >= 15 is 0 Å². The van der Waals surface area contributed by atoms with Crippen molar-refractivity contribution in [1.29, 1.82) is 0 Å². The molecule has 0 spiro atoms. The van der Waals surface area contributed by atoms with E-state index in [4.69, 9.17) is 16.3 Å². The van der Waals surface area contributed by atoms with Crippen LogP contribution in [0.4, 0.5) is 0 Å². The molecule has 1 fully saturated rings. The number of aromatic nitrogens is 1. The molecule has 1 aliphatic rings. The Morgan fingerprint density at radius 3 is 2.94 bits per heavy atom. The molecule has 2 heterocycles.